The van der Waals surface area contributed by atoms with E-state index >= 15 is 0 Å². The van der Waals surface area contributed by atoms with Crippen molar-refractivity contribution in [2.45, 2.75) is 31.3 Å². The number of ketones is 1. The normalized spacial score (nSPS) is 15.6. The molecular formula is C25H21BrN2O2S2. The topological polar surface area (TPSA) is 52.0 Å². The van der Waals surface area contributed by atoms with E-state index in [0.29, 0.717) is 16.6 Å². The number of halogens is 1. The molecule has 4 nitrogen and oxygen atoms in total. The summed E-state index contributed by atoms with van der Waals surface area (Å²) in [4.78, 5) is 33.5. The monoisotopic (exact) mass is 524 g/mol. The summed E-state index contributed by atoms with van der Waals surface area (Å²) < 4.78 is 2.61. The Balaban J connectivity index is 1.58. The van der Waals surface area contributed by atoms with Crippen LogP contribution in [-0.4, -0.2) is 21.1 Å². The first-order chi connectivity index (χ1) is 15.5. The van der Waals surface area contributed by atoms with E-state index in [0.717, 1.165) is 39.6 Å². The van der Waals surface area contributed by atoms with Crippen molar-refractivity contribution in [3.8, 4) is 5.69 Å². The summed E-state index contributed by atoms with van der Waals surface area (Å²) in [7, 11) is 0. The fourth-order valence-corrected chi connectivity index (χ4v) is 6.72. The van der Waals surface area contributed by atoms with Gasteiger partial charge in [0.15, 0.2) is 10.9 Å². The third kappa shape index (κ3) is 4.09. The molecule has 5 rings (SSSR count). The number of hydrogen-bond acceptors (Lipinski definition) is 5. The summed E-state index contributed by atoms with van der Waals surface area (Å²) in [6, 6.07) is 16.9. The van der Waals surface area contributed by atoms with Gasteiger partial charge in [0, 0.05) is 14.9 Å². The van der Waals surface area contributed by atoms with E-state index in [9.17, 15) is 9.59 Å². The molecule has 0 saturated carbocycles. The van der Waals surface area contributed by atoms with Crippen LogP contribution < -0.4 is 5.56 Å². The molecule has 1 atom stereocenters. The molecular weight excluding hydrogens is 504 g/mol. The van der Waals surface area contributed by atoms with Crippen LogP contribution in [0.2, 0.25) is 0 Å². The highest BCUT2D eigenvalue weighted by atomic mass is 79.9. The zero-order chi connectivity index (χ0) is 22.2. The van der Waals surface area contributed by atoms with Crippen LogP contribution in [-0.2, 0) is 12.8 Å². The van der Waals surface area contributed by atoms with Crippen LogP contribution in [0.5, 0.6) is 0 Å². The summed E-state index contributed by atoms with van der Waals surface area (Å²) in [5.74, 6) is 0.856. The van der Waals surface area contributed by atoms with E-state index < -0.39 is 0 Å². The second-order valence-corrected chi connectivity index (χ2v) is 11.1. The summed E-state index contributed by atoms with van der Waals surface area (Å²) in [5, 5.41) is 1.31. The quantitative estimate of drug-likeness (QED) is 0.174. The lowest BCUT2D eigenvalue weighted by Crippen LogP contribution is -2.23. The number of aryl methyl sites for hydroxylation is 1. The minimum absolute atomic E-state index is 0.00996. The summed E-state index contributed by atoms with van der Waals surface area (Å²) in [6.07, 6.45) is 3.03. The van der Waals surface area contributed by atoms with Crippen molar-refractivity contribution in [2.24, 2.45) is 5.92 Å². The van der Waals surface area contributed by atoms with Gasteiger partial charge in [0.2, 0.25) is 0 Å². The lowest BCUT2D eigenvalue weighted by Gasteiger charge is -2.17. The standard InChI is InChI=1S/C25H21BrN2O2S2/c1-15-7-12-19-21(13-15)32-23-22(19)24(30)28(18-5-3-2-4-6-18)25(27-23)31-14-20(29)16-8-10-17(26)11-9-16/h2-6,8-11,15H,7,12-14H2,1H3. The van der Waals surface area contributed by atoms with Crippen molar-refractivity contribution >= 4 is 55.0 Å². The maximum Gasteiger partial charge on any atom is 0.267 e. The highest BCUT2D eigenvalue weighted by molar-refractivity contribution is 9.10. The van der Waals surface area contributed by atoms with Gasteiger partial charge in [-0.25, -0.2) is 4.98 Å². The van der Waals surface area contributed by atoms with E-state index in [4.69, 9.17) is 4.98 Å². The van der Waals surface area contributed by atoms with Crippen molar-refractivity contribution in [1.82, 2.24) is 9.55 Å². The number of aromatic nitrogens is 2. The van der Waals surface area contributed by atoms with E-state index in [2.05, 4.69) is 22.9 Å². The number of rotatable bonds is 5. The summed E-state index contributed by atoms with van der Waals surface area (Å²) in [5.41, 5.74) is 2.56. The molecule has 4 aromatic rings. The Labute approximate surface area is 202 Å². The first kappa shape index (κ1) is 21.6. The predicted octanol–water partition coefficient (Wildman–Crippen LogP) is 6.31. The zero-order valence-electron chi connectivity index (χ0n) is 17.5. The largest absolute Gasteiger partial charge is 0.293 e. The Morgan fingerprint density at radius 3 is 2.69 bits per heavy atom. The highest BCUT2D eigenvalue weighted by Gasteiger charge is 2.25. The predicted molar refractivity (Wildman–Crippen MR) is 136 cm³/mol. The molecule has 2 aromatic carbocycles. The molecule has 0 N–H and O–H groups in total. The third-order valence-corrected chi connectivity index (χ3v) is 8.43. The van der Waals surface area contributed by atoms with Crippen LogP contribution in [0.15, 0.2) is 69.0 Å². The van der Waals surface area contributed by atoms with Gasteiger partial charge in [-0.1, -0.05) is 64.9 Å². The van der Waals surface area contributed by atoms with Crippen molar-refractivity contribution in [1.29, 1.82) is 0 Å². The Bertz CT molecular complexity index is 1360. The lowest BCUT2D eigenvalue weighted by atomic mass is 9.89. The fraction of sp³-hybridized carbons (Fsp3) is 0.240. The van der Waals surface area contributed by atoms with E-state index in [1.165, 1.54) is 22.2 Å². The van der Waals surface area contributed by atoms with Crippen LogP contribution in [0.4, 0.5) is 0 Å². The van der Waals surface area contributed by atoms with Gasteiger partial charge in [0.1, 0.15) is 4.83 Å². The molecule has 0 saturated heterocycles. The number of thiophene rings is 1. The second-order valence-electron chi connectivity index (χ2n) is 8.12. The van der Waals surface area contributed by atoms with Crippen molar-refractivity contribution in [2.75, 3.05) is 5.75 Å². The summed E-state index contributed by atoms with van der Waals surface area (Å²) in [6.45, 7) is 2.26. The number of hydrogen-bond donors (Lipinski definition) is 0. The number of carbonyl (C=O) groups is 1. The van der Waals surface area contributed by atoms with Crippen LogP contribution in [0, 0.1) is 5.92 Å². The van der Waals surface area contributed by atoms with Crippen molar-refractivity contribution < 1.29 is 4.79 Å². The molecule has 1 unspecified atom stereocenters. The second kappa shape index (κ2) is 8.96. The molecule has 1 aliphatic carbocycles. The number of benzene rings is 2. The Morgan fingerprint density at radius 1 is 1.19 bits per heavy atom. The van der Waals surface area contributed by atoms with Gasteiger partial charge >= 0.3 is 0 Å². The molecule has 0 amide bonds. The lowest BCUT2D eigenvalue weighted by molar-refractivity contribution is 0.102. The van der Waals surface area contributed by atoms with Gasteiger partial charge in [-0.3, -0.25) is 14.2 Å². The molecule has 0 radical (unpaired) electrons. The Morgan fingerprint density at radius 2 is 1.94 bits per heavy atom. The van der Waals surface area contributed by atoms with Crippen LogP contribution in [0.3, 0.4) is 0 Å². The van der Waals surface area contributed by atoms with E-state index in [1.807, 2.05) is 54.6 Å². The smallest absolute Gasteiger partial charge is 0.267 e. The van der Waals surface area contributed by atoms with Crippen LogP contribution >= 0.6 is 39.0 Å². The number of Topliss-reactive ketones (excluding diaryl/α,β-unsaturated/α-hetero) is 1. The van der Waals surface area contributed by atoms with E-state index in [1.54, 1.807) is 15.9 Å². The van der Waals surface area contributed by atoms with Crippen LogP contribution in [0.1, 0.15) is 34.1 Å². The molecule has 2 heterocycles. The van der Waals surface area contributed by atoms with Gasteiger partial charge in [-0.05, 0) is 55.0 Å². The highest BCUT2D eigenvalue weighted by Crippen LogP contribution is 2.37. The first-order valence-corrected chi connectivity index (χ1v) is 13.1. The zero-order valence-corrected chi connectivity index (χ0v) is 20.7. The average Bonchev–Trinajstić information content (AvgIpc) is 3.16. The third-order valence-electron chi connectivity index (χ3n) is 5.81. The number of fused-ring (bicyclic) bond motifs is 3. The van der Waals surface area contributed by atoms with Crippen molar-refractivity contribution in [3.05, 3.63) is 85.4 Å². The van der Waals surface area contributed by atoms with Gasteiger partial charge in [0.25, 0.3) is 5.56 Å². The van der Waals surface area contributed by atoms with Crippen molar-refractivity contribution in [3.63, 3.8) is 0 Å². The fourth-order valence-electron chi connectivity index (χ4n) is 4.12. The maximum absolute atomic E-state index is 13.7. The first-order valence-electron chi connectivity index (χ1n) is 10.6. The maximum atomic E-state index is 13.7. The molecule has 32 heavy (non-hydrogen) atoms. The van der Waals surface area contributed by atoms with E-state index in [-0.39, 0.29) is 17.1 Å². The molecule has 1 aliphatic rings. The van der Waals surface area contributed by atoms with Crippen LogP contribution in [0.25, 0.3) is 15.9 Å². The molecule has 162 valence electrons. The summed E-state index contributed by atoms with van der Waals surface area (Å²) >= 11 is 6.36. The Kier molecular flexibility index (Phi) is 6.05. The Hall–Kier alpha value is -2.22. The molecule has 0 spiro atoms. The number of para-hydroxylation sites is 1. The van der Waals surface area contributed by atoms with Gasteiger partial charge in [0.05, 0.1) is 16.8 Å². The molecule has 0 bridgehead atoms. The van der Waals surface area contributed by atoms with Gasteiger partial charge < -0.3 is 0 Å². The minimum Gasteiger partial charge on any atom is -0.293 e. The SMILES string of the molecule is CC1CCc2c(sc3nc(SCC(=O)c4ccc(Br)cc4)n(-c4ccccc4)c(=O)c23)C1. The average molecular weight is 525 g/mol. The van der Waals surface area contributed by atoms with Gasteiger partial charge in [-0.2, -0.15) is 0 Å². The molecule has 0 fully saturated rings. The molecule has 7 heteroatoms. The molecule has 0 aliphatic heterocycles. The van der Waals surface area contributed by atoms with Gasteiger partial charge in [-0.15, -0.1) is 11.3 Å². The number of carbonyl (C=O) groups excluding carboxylic acids is 1. The molecule has 2 aromatic heterocycles. The minimum atomic E-state index is -0.0353. The number of nitrogens with zero attached hydrogens (tertiary/aromatic N) is 2. The number of thioether (sulfide) groups is 1.